The number of benzene rings is 1. The first-order valence-electron chi connectivity index (χ1n) is 13.4. The van der Waals surface area contributed by atoms with E-state index in [9.17, 15) is 4.79 Å². The lowest BCUT2D eigenvalue weighted by Crippen LogP contribution is -2.51. The minimum absolute atomic E-state index is 0.0468. The van der Waals surface area contributed by atoms with Crippen molar-refractivity contribution in [2.45, 2.75) is 45.3 Å². The molecule has 8 heteroatoms. The number of pyridine rings is 1. The maximum Gasteiger partial charge on any atom is 0.298 e. The molecule has 0 bridgehead atoms. The van der Waals surface area contributed by atoms with E-state index in [1.807, 2.05) is 11.1 Å². The van der Waals surface area contributed by atoms with Gasteiger partial charge in [-0.1, -0.05) is 12.0 Å². The van der Waals surface area contributed by atoms with Crippen LogP contribution in [0.4, 0.5) is 17.2 Å². The highest BCUT2D eigenvalue weighted by Gasteiger charge is 2.38. The molecule has 4 aliphatic rings. The van der Waals surface area contributed by atoms with Gasteiger partial charge in [-0.15, -0.1) is 0 Å². The molecule has 2 atom stereocenters. The summed E-state index contributed by atoms with van der Waals surface area (Å²) < 4.78 is 12.1. The number of carbonyl (C=O) groups is 1. The van der Waals surface area contributed by atoms with E-state index in [0.29, 0.717) is 12.0 Å². The van der Waals surface area contributed by atoms with Crippen molar-refractivity contribution >= 4 is 23.1 Å². The Morgan fingerprint density at radius 3 is 2.76 bits per heavy atom. The minimum Gasteiger partial charge on any atom is -0.483 e. The number of aromatic nitrogens is 1. The molecule has 3 fully saturated rings. The van der Waals surface area contributed by atoms with Gasteiger partial charge < -0.3 is 24.6 Å². The largest absolute Gasteiger partial charge is 0.483 e. The molecular formula is C29H35N5O3. The Bertz CT molecular complexity index is 1260. The Morgan fingerprint density at radius 1 is 1.16 bits per heavy atom. The molecule has 194 valence electrons. The van der Waals surface area contributed by atoms with Crippen LogP contribution in [0, 0.1) is 18.8 Å². The van der Waals surface area contributed by atoms with Crippen LogP contribution in [0.5, 0.6) is 5.75 Å². The van der Waals surface area contributed by atoms with Gasteiger partial charge in [-0.05, 0) is 56.4 Å². The third-order valence-corrected chi connectivity index (χ3v) is 8.15. The standard InChI is InChI=1S/C29H35N5O3/c1-4-5-26(35)33-9-7-23(18-33)34-16-22(17-34)21-14-19(2)28-24(15-21)31-29-27(20(3)37-28)25(6-8-30-29)32-10-12-36-13-11-32/h6,8,14-15,20,22-23H,7,9-13,16-18H2,1-3H3,(H,30,31)/t20-,23+/m0/s1. The summed E-state index contributed by atoms with van der Waals surface area (Å²) in [5, 5.41) is 3.63. The predicted octanol–water partition coefficient (Wildman–Crippen LogP) is 3.45. The molecule has 0 saturated carbocycles. The number of amides is 1. The van der Waals surface area contributed by atoms with Crippen LogP contribution in [-0.2, 0) is 9.53 Å². The zero-order valence-electron chi connectivity index (χ0n) is 21.9. The van der Waals surface area contributed by atoms with Gasteiger partial charge in [0, 0.05) is 63.1 Å². The number of nitrogens with one attached hydrogen (secondary N) is 1. The normalized spacial score (nSPS) is 23.5. The van der Waals surface area contributed by atoms with Crippen molar-refractivity contribution in [2.75, 3.05) is 62.7 Å². The van der Waals surface area contributed by atoms with Crippen molar-refractivity contribution in [1.82, 2.24) is 14.8 Å². The quantitative estimate of drug-likeness (QED) is 0.646. The number of hydrogen-bond donors (Lipinski definition) is 1. The second-order valence-electron chi connectivity index (χ2n) is 10.5. The molecule has 0 spiro atoms. The maximum absolute atomic E-state index is 12.1. The second kappa shape index (κ2) is 9.88. The number of morpholine rings is 1. The molecule has 1 aromatic heterocycles. The molecule has 3 saturated heterocycles. The smallest absolute Gasteiger partial charge is 0.298 e. The summed E-state index contributed by atoms with van der Waals surface area (Å²) in [6, 6.07) is 7.05. The molecule has 0 unspecified atom stereocenters. The molecule has 2 aromatic rings. The first kappa shape index (κ1) is 24.1. The van der Waals surface area contributed by atoms with E-state index in [4.69, 9.17) is 14.5 Å². The molecule has 0 aliphatic carbocycles. The molecule has 1 N–H and O–H groups in total. The molecule has 1 amide bonds. The average molecular weight is 502 g/mol. The van der Waals surface area contributed by atoms with E-state index in [1.54, 1.807) is 6.92 Å². The topological polar surface area (TPSA) is 70.2 Å². The number of hydrogen-bond acceptors (Lipinski definition) is 7. The number of aryl methyl sites for hydroxylation is 1. The van der Waals surface area contributed by atoms with Crippen LogP contribution in [0.3, 0.4) is 0 Å². The Balaban J connectivity index is 1.19. The summed E-state index contributed by atoms with van der Waals surface area (Å²) in [7, 11) is 0. The monoisotopic (exact) mass is 501 g/mol. The summed E-state index contributed by atoms with van der Waals surface area (Å²) in [4.78, 5) is 23.6. The van der Waals surface area contributed by atoms with Crippen LogP contribution in [0.25, 0.3) is 0 Å². The van der Waals surface area contributed by atoms with Crippen molar-refractivity contribution < 1.29 is 14.3 Å². The molecule has 1 aromatic carbocycles. The van der Waals surface area contributed by atoms with Gasteiger partial charge in [0.25, 0.3) is 5.91 Å². The van der Waals surface area contributed by atoms with E-state index >= 15 is 0 Å². The van der Waals surface area contributed by atoms with Gasteiger partial charge in [0.1, 0.15) is 17.7 Å². The lowest BCUT2D eigenvalue weighted by Gasteiger charge is -2.43. The second-order valence-corrected chi connectivity index (χ2v) is 10.5. The van der Waals surface area contributed by atoms with Gasteiger partial charge in [0.2, 0.25) is 0 Å². The molecule has 0 radical (unpaired) electrons. The Morgan fingerprint density at radius 2 is 1.97 bits per heavy atom. The van der Waals surface area contributed by atoms with Gasteiger partial charge in [-0.3, -0.25) is 9.69 Å². The number of likely N-dealkylation sites (tertiary alicyclic amines) is 2. The van der Waals surface area contributed by atoms with Crippen molar-refractivity contribution in [2.24, 2.45) is 0 Å². The van der Waals surface area contributed by atoms with E-state index in [2.05, 4.69) is 59.0 Å². The van der Waals surface area contributed by atoms with Crippen LogP contribution in [-0.4, -0.2) is 79.2 Å². The summed E-state index contributed by atoms with van der Waals surface area (Å²) in [5.41, 5.74) is 5.72. The van der Waals surface area contributed by atoms with Crippen molar-refractivity contribution in [3.8, 4) is 17.6 Å². The highest BCUT2D eigenvalue weighted by molar-refractivity contribution is 5.93. The number of fused-ring (bicyclic) bond motifs is 2. The fourth-order valence-corrected chi connectivity index (χ4v) is 6.13. The van der Waals surface area contributed by atoms with Crippen molar-refractivity contribution in [3.05, 3.63) is 41.1 Å². The van der Waals surface area contributed by atoms with Gasteiger partial charge in [0.05, 0.1) is 24.5 Å². The fraction of sp³-hybridized carbons (Fsp3) is 0.517. The Hall–Kier alpha value is -3.28. The summed E-state index contributed by atoms with van der Waals surface area (Å²) in [6.07, 6.45) is 2.79. The molecule has 4 aliphatic heterocycles. The van der Waals surface area contributed by atoms with Gasteiger partial charge in [0.15, 0.2) is 0 Å². The third kappa shape index (κ3) is 4.51. The van der Waals surface area contributed by atoms with Crippen LogP contribution in [0.15, 0.2) is 24.4 Å². The maximum atomic E-state index is 12.1. The lowest BCUT2D eigenvalue weighted by atomic mass is 9.88. The van der Waals surface area contributed by atoms with Gasteiger partial charge in [-0.2, -0.15) is 0 Å². The Labute approximate surface area is 218 Å². The average Bonchev–Trinajstić information content (AvgIpc) is 3.30. The zero-order valence-corrected chi connectivity index (χ0v) is 21.9. The van der Waals surface area contributed by atoms with Crippen LogP contribution < -0.4 is 15.0 Å². The van der Waals surface area contributed by atoms with E-state index in [0.717, 1.165) is 87.3 Å². The number of carbonyl (C=O) groups excluding carboxylic acids is 1. The van der Waals surface area contributed by atoms with Crippen LogP contribution in [0.1, 0.15) is 49.0 Å². The Kier molecular flexibility index (Phi) is 6.43. The first-order valence-corrected chi connectivity index (χ1v) is 13.4. The number of nitrogens with zero attached hydrogens (tertiary/aromatic N) is 4. The predicted molar refractivity (Wildman–Crippen MR) is 144 cm³/mol. The van der Waals surface area contributed by atoms with Crippen molar-refractivity contribution in [1.29, 1.82) is 0 Å². The van der Waals surface area contributed by atoms with Crippen LogP contribution in [0.2, 0.25) is 0 Å². The van der Waals surface area contributed by atoms with E-state index < -0.39 is 0 Å². The number of rotatable bonds is 3. The highest BCUT2D eigenvalue weighted by atomic mass is 16.5. The number of anilines is 3. The van der Waals surface area contributed by atoms with Crippen molar-refractivity contribution in [3.63, 3.8) is 0 Å². The zero-order chi connectivity index (χ0) is 25.5. The SMILES string of the molecule is CC#CC(=O)N1CC[C@@H](N2CC(c3cc(C)c4c(c3)Nc3nccc(N5CCOCC5)c3[C@H](C)O4)C2)C1. The minimum atomic E-state index is -0.121. The summed E-state index contributed by atoms with van der Waals surface area (Å²) in [6.45, 7) is 12.8. The highest BCUT2D eigenvalue weighted by Crippen LogP contribution is 2.45. The van der Waals surface area contributed by atoms with Crippen LogP contribution >= 0.6 is 0 Å². The summed E-state index contributed by atoms with van der Waals surface area (Å²) in [5.74, 6) is 7.60. The molecule has 8 nitrogen and oxygen atoms in total. The molecule has 37 heavy (non-hydrogen) atoms. The molecule has 5 heterocycles. The molecular weight excluding hydrogens is 466 g/mol. The fourth-order valence-electron chi connectivity index (χ4n) is 6.13. The lowest BCUT2D eigenvalue weighted by molar-refractivity contribution is -0.124. The third-order valence-electron chi connectivity index (χ3n) is 8.15. The molecule has 6 rings (SSSR count). The van der Waals surface area contributed by atoms with Gasteiger partial charge >= 0.3 is 0 Å². The van der Waals surface area contributed by atoms with Gasteiger partial charge in [-0.25, -0.2) is 4.98 Å². The summed E-state index contributed by atoms with van der Waals surface area (Å²) >= 11 is 0. The van der Waals surface area contributed by atoms with E-state index in [1.165, 1.54) is 11.3 Å². The number of ether oxygens (including phenoxy) is 2. The first-order chi connectivity index (χ1) is 18.0. The van der Waals surface area contributed by atoms with E-state index in [-0.39, 0.29) is 12.0 Å².